The highest BCUT2D eigenvalue weighted by molar-refractivity contribution is 6.46. The second-order valence-corrected chi connectivity index (χ2v) is 7.17. The molecule has 1 N–H and O–H groups in total. The number of halogens is 1. The van der Waals surface area contributed by atoms with Gasteiger partial charge in [0.2, 0.25) is 0 Å². The third-order valence-electron chi connectivity index (χ3n) is 4.71. The largest absolute Gasteiger partial charge is 0.507 e. The van der Waals surface area contributed by atoms with Crippen LogP contribution in [0.2, 0.25) is 5.02 Å². The second kappa shape index (κ2) is 7.90. The third-order valence-corrected chi connectivity index (χ3v) is 4.96. The summed E-state index contributed by atoms with van der Waals surface area (Å²) in [7, 11) is 3.86. The van der Waals surface area contributed by atoms with Crippen molar-refractivity contribution in [2.24, 2.45) is 0 Å². The summed E-state index contributed by atoms with van der Waals surface area (Å²) in [5.74, 6) is -1.59. The summed E-state index contributed by atoms with van der Waals surface area (Å²) < 4.78 is 0. The Labute approximate surface area is 169 Å². The van der Waals surface area contributed by atoms with Gasteiger partial charge in [-0.25, -0.2) is 0 Å². The van der Waals surface area contributed by atoms with Crippen LogP contribution in [-0.2, 0) is 9.59 Å². The van der Waals surface area contributed by atoms with Crippen LogP contribution >= 0.6 is 11.6 Å². The molecular weight excluding hydrogens is 376 g/mol. The van der Waals surface area contributed by atoms with E-state index >= 15 is 0 Å². The molecule has 2 aromatic carbocycles. The Morgan fingerprint density at radius 2 is 1.75 bits per heavy atom. The molecule has 1 atom stereocenters. The number of carbonyl (C=O) groups excluding carboxylic acids is 2. The summed E-state index contributed by atoms with van der Waals surface area (Å²) in [4.78, 5) is 28.7. The molecule has 1 fully saturated rings. The van der Waals surface area contributed by atoms with Gasteiger partial charge in [-0.1, -0.05) is 29.8 Å². The van der Waals surface area contributed by atoms with Crippen molar-refractivity contribution >= 4 is 34.7 Å². The number of Topliss-reactive ketones (excluding diaryl/α,β-unsaturated/α-hetero) is 1. The molecule has 6 heteroatoms. The van der Waals surface area contributed by atoms with Gasteiger partial charge in [0.15, 0.2) is 0 Å². The van der Waals surface area contributed by atoms with Crippen molar-refractivity contribution in [3.63, 3.8) is 0 Å². The topological polar surface area (TPSA) is 60.9 Å². The summed E-state index contributed by atoms with van der Waals surface area (Å²) in [6.07, 6.45) is 1.56. The van der Waals surface area contributed by atoms with Crippen LogP contribution in [0.25, 0.3) is 5.76 Å². The van der Waals surface area contributed by atoms with Crippen molar-refractivity contribution in [1.82, 2.24) is 4.90 Å². The van der Waals surface area contributed by atoms with Crippen LogP contribution in [0.15, 0.2) is 66.8 Å². The minimum atomic E-state index is -0.712. The van der Waals surface area contributed by atoms with Crippen molar-refractivity contribution in [3.8, 4) is 0 Å². The molecule has 28 heavy (non-hydrogen) atoms. The molecule has 1 aliphatic heterocycles. The number of nitrogens with zero attached hydrogens (tertiary/aromatic N) is 2. The summed E-state index contributed by atoms with van der Waals surface area (Å²) in [5.41, 5.74) is 2.21. The lowest BCUT2D eigenvalue weighted by Crippen LogP contribution is -2.29. The monoisotopic (exact) mass is 396 g/mol. The Morgan fingerprint density at radius 1 is 1.14 bits per heavy atom. The maximum atomic E-state index is 12.8. The van der Waals surface area contributed by atoms with Crippen molar-refractivity contribution < 1.29 is 14.7 Å². The van der Waals surface area contributed by atoms with Crippen LogP contribution < -0.4 is 4.90 Å². The van der Waals surface area contributed by atoms with Gasteiger partial charge < -0.3 is 14.9 Å². The predicted octanol–water partition coefficient (Wildman–Crippen LogP) is 4.01. The predicted molar refractivity (Wildman–Crippen MR) is 111 cm³/mol. The standard InChI is InChI=1S/C22H21ClN2O3/c1-4-13-25-19(14-7-11-17(12-8-14)24(2)3)18(21(27)22(25)28)20(26)15-5-9-16(23)10-6-15/h4-12,19,26H,1,13H2,2-3H3/b20-18+/t19-/m1/s1. The summed E-state index contributed by atoms with van der Waals surface area (Å²) >= 11 is 5.92. The molecule has 1 saturated heterocycles. The van der Waals surface area contributed by atoms with E-state index in [9.17, 15) is 14.7 Å². The Bertz CT molecular complexity index is 947. The maximum absolute atomic E-state index is 12.8. The van der Waals surface area contributed by atoms with Gasteiger partial charge in [0.05, 0.1) is 11.6 Å². The van der Waals surface area contributed by atoms with E-state index in [0.717, 1.165) is 11.3 Å². The average Bonchev–Trinajstić information content (AvgIpc) is 2.93. The van der Waals surface area contributed by atoms with Gasteiger partial charge in [0, 0.05) is 36.9 Å². The van der Waals surface area contributed by atoms with Crippen LogP contribution in [0.4, 0.5) is 5.69 Å². The number of aliphatic hydroxyl groups is 1. The first-order valence-electron chi connectivity index (χ1n) is 8.77. The van der Waals surface area contributed by atoms with Crippen LogP contribution in [0.3, 0.4) is 0 Å². The van der Waals surface area contributed by atoms with Gasteiger partial charge >= 0.3 is 0 Å². The van der Waals surface area contributed by atoms with E-state index in [2.05, 4.69) is 6.58 Å². The van der Waals surface area contributed by atoms with Gasteiger partial charge in [0.25, 0.3) is 11.7 Å². The number of rotatable bonds is 5. The van der Waals surface area contributed by atoms with E-state index in [4.69, 9.17) is 11.6 Å². The molecule has 144 valence electrons. The van der Waals surface area contributed by atoms with Gasteiger partial charge in [-0.05, 0) is 42.0 Å². The molecule has 5 nitrogen and oxygen atoms in total. The van der Waals surface area contributed by atoms with E-state index in [0.29, 0.717) is 10.6 Å². The number of carbonyl (C=O) groups is 2. The minimum Gasteiger partial charge on any atom is -0.507 e. The highest BCUT2D eigenvalue weighted by Crippen LogP contribution is 2.39. The molecule has 0 unspecified atom stereocenters. The lowest BCUT2D eigenvalue weighted by Gasteiger charge is -2.24. The van der Waals surface area contributed by atoms with Crippen LogP contribution in [-0.4, -0.2) is 42.3 Å². The summed E-state index contributed by atoms with van der Waals surface area (Å²) in [6, 6.07) is 13.3. The first kappa shape index (κ1) is 19.7. The Kier molecular flexibility index (Phi) is 5.56. The normalized spacial score (nSPS) is 18.4. The smallest absolute Gasteiger partial charge is 0.295 e. The van der Waals surface area contributed by atoms with Gasteiger partial charge in [-0.15, -0.1) is 6.58 Å². The summed E-state index contributed by atoms with van der Waals surface area (Å²) in [5, 5.41) is 11.4. The number of likely N-dealkylation sites (tertiary alicyclic amines) is 1. The van der Waals surface area contributed by atoms with Crippen molar-refractivity contribution in [1.29, 1.82) is 0 Å². The van der Waals surface area contributed by atoms with Crippen molar-refractivity contribution in [2.45, 2.75) is 6.04 Å². The summed E-state index contributed by atoms with van der Waals surface area (Å²) in [6.45, 7) is 3.88. The molecule has 0 radical (unpaired) electrons. The molecular formula is C22H21ClN2O3. The quantitative estimate of drug-likeness (QED) is 0.359. The molecule has 2 aromatic rings. The lowest BCUT2D eigenvalue weighted by molar-refractivity contribution is -0.139. The number of hydrogen-bond donors (Lipinski definition) is 1. The maximum Gasteiger partial charge on any atom is 0.295 e. The van der Waals surface area contributed by atoms with E-state index in [1.807, 2.05) is 43.3 Å². The highest BCUT2D eigenvalue weighted by Gasteiger charge is 2.45. The molecule has 1 aliphatic rings. The molecule has 1 heterocycles. The van der Waals surface area contributed by atoms with E-state index in [1.165, 1.54) is 4.90 Å². The van der Waals surface area contributed by atoms with Gasteiger partial charge in [-0.3, -0.25) is 9.59 Å². The Hall–Kier alpha value is -3.05. The second-order valence-electron chi connectivity index (χ2n) is 6.73. The van der Waals surface area contributed by atoms with Gasteiger partial charge in [0.1, 0.15) is 5.76 Å². The number of amides is 1. The number of benzene rings is 2. The SMILES string of the molecule is C=CCN1C(=O)C(=O)/C(=C(/O)c2ccc(Cl)cc2)[C@H]1c1ccc(N(C)C)cc1. The molecule has 0 bridgehead atoms. The first-order chi connectivity index (χ1) is 13.3. The molecule has 1 amide bonds. The van der Waals surface area contributed by atoms with E-state index in [1.54, 1.807) is 30.3 Å². The molecule has 0 spiro atoms. The van der Waals surface area contributed by atoms with Crippen LogP contribution in [0.1, 0.15) is 17.2 Å². The van der Waals surface area contributed by atoms with Crippen LogP contribution in [0.5, 0.6) is 0 Å². The Balaban J connectivity index is 2.15. The number of anilines is 1. The van der Waals surface area contributed by atoms with E-state index in [-0.39, 0.29) is 17.9 Å². The third kappa shape index (κ3) is 3.53. The Morgan fingerprint density at radius 3 is 2.29 bits per heavy atom. The molecule has 0 aliphatic carbocycles. The number of aliphatic hydroxyl groups excluding tert-OH is 1. The average molecular weight is 397 g/mol. The van der Waals surface area contributed by atoms with Crippen LogP contribution in [0, 0.1) is 0 Å². The molecule has 0 aromatic heterocycles. The fraction of sp³-hybridized carbons (Fsp3) is 0.182. The van der Waals surface area contributed by atoms with Crippen molar-refractivity contribution in [2.75, 3.05) is 25.5 Å². The molecule has 0 saturated carbocycles. The van der Waals surface area contributed by atoms with Crippen molar-refractivity contribution in [3.05, 3.63) is 82.9 Å². The molecule has 3 rings (SSSR count). The zero-order valence-corrected chi connectivity index (χ0v) is 16.5. The van der Waals surface area contributed by atoms with E-state index < -0.39 is 17.7 Å². The zero-order valence-electron chi connectivity index (χ0n) is 15.7. The number of ketones is 1. The minimum absolute atomic E-state index is 0.0618. The lowest BCUT2D eigenvalue weighted by atomic mass is 9.95. The van der Waals surface area contributed by atoms with Gasteiger partial charge in [-0.2, -0.15) is 0 Å². The number of hydrogen-bond acceptors (Lipinski definition) is 4. The highest BCUT2D eigenvalue weighted by atomic mass is 35.5. The first-order valence-corrected chi connectivity index (χ1v) is 9.15. The fourth-order valence-electron chi connectivity index (χ4n) is 3.27. The zero-order chi connectivity index (χ0) is 20.4. The fourth-order valence-corrected chi connectivity index (χ4v) is 3.40.